The molecule has 0 saturated carbocycles. The van der Waals surface area contributed by atoms with E-state index in [4.69, 9.17) is 4.74 Å². The molecule has 0 unspecified atom stereocenters. The van der Waals surface area contributed by atoms with E-state index in [-0.39, 0.29) is 24.5 Å². The lowest BCUT2D eigenvalue weighted by Gasteiger charge is -2.40. The quantitative estimate of drug-likeness (QED) is 0.720. The summed E-state index contributed by atoms with van der Waals surface area (Å²) in [5.74, 6) is 0.0105. The van der Waals surface area contributed by atoms with Crippen molar-refractivity contribution in [3.8, 4) is 0 Å². The Morgan fingerprint density at radius 1 is 1.12 bits per heavy atom. The topological polar surface area (TPSA) is 93.5 Å². The Bertz CT molecular complexity index is 465. The van der Waals surface area contributed by atoms with Crippen LogP contribution >= 0.6 is 0 Å². The molecule has 0 aromatic heterocycles. The van der Waals surface area contributed by atoms with Gasteiger partial charge in [0.1, 0.15) is 0 Å². The molecule has 0 spiro atoms. The van der Waals surface area contributed by atoms with Gasteiger partial charge in [0.2, 0.25) is 5.91 Å². The third-order valence-corrected chi connectivity index (χ3v) is 5.12. The van der Waals surface area contributed by atoms with Crippen LogP contribution in [0.4, 0.5) is 4.79 Å². The van der Waals surface area contributed by atoms with Crippen LogP contribution in [0, 0.1) is 5.92 Å². The predicted molar refractivity (Wildman–Crippen MR) is 92.0 cm³/mol. The molecule has 2 rings (SSSR count). The van der Waals surface area contributed by atoms with Gasteiger partial charge in [-0.3, -0.25) is 9.69 Å². The average Bonchev–Trinajstić information content (AvgIpc) is 2.77. The monoisotopic (exact) mass is 357 g/mol. The summed E-state index contributed by atoms with van der Waals surface area (Å²) in [5, 5.41) is 20.5. The van der Waals surface area contributed by atoms with Crippen molar-refractivity contribution in [3.05, 3.63) is 0 Å². The van der Waals surface area contributed by atoms with E-state index in [1.165, 1.54) is 0 Å². The normalized spacial score (nSPS) is 24.7. The highest BCUT2D eigenvalue weighted by Gasteiger charge is 2.37. The fourth-order valence-corrected chi connectivity index (χ4v) is 3.62. The first-order valence-electron chi connectivity index (χ1n) is 9.09. The number of β-amino-alcohol motifs (C(OH)–C–C–N with tert-alkyl or cyclic N) is 1. The zero-order chi connectivity index (χ0) is 18.4. The molecule has 2 saturated heterocycles. The minimum atomic E-state index is -0.853. The van der Waals surface area contributed by atoms with Gasteiger partial charge in [-0.05, 0) is 19.8 Å². The molecule has 144 valence electrons. The number of ether oxygens (including phenoxy) is 1. The van der Waals surface area contributed by atoms with Gasteiger partial charge in [0.25, 0.3) is 0 Å². The molecule has 2 N–H and O–H groups in total. The van der Waals surface area contributed by atoms with Crippen LogP contribution in [-0.4, -0.2) is 102 Å². The van der Waals surface area contributed by atoms with Gasteiger partial charge >= 0.3 is 6.09 Å². The molecule has 2 heterocycles. The van der Waals surface area contributed by atoms with Crippen LogP contribution in [-0.2, 0) is 9.53 Å². The van der Waals surface area contributed by atoms with Crippen LogP contribution in [0.2, 0.25) is 0 Å². The number of carbonyl (C=O) groups is 2. The molecule has 2 aliphatic heterocycles. The summed E-state index contributed by atoms with van der Waals surface area (Å²) < 4.78 is 5.01. The largest absolute Gasteiger partial charge is 0.450 e. The summed E-state index contributed by atoms with van der Waals surface area (Å²) in [6, 6.07) is 0. The van der Waals surface area contributed by atoms with Gasteiger partial charge in [0.15, 0.2) is 0 Å². The molecule has 2 fully saturated rings. The summed E-state index contributed by atoms with van der Waals surface area (Å²) in [5.41, 5.74) is -0.853. The van der Waals surface area contributed by atoms with Crippen LogP contribution < -0.4 is 0 Å². The molecule has 0 aromatic carbocycles. The second kappa shape index (κ2) is 8.82. The maximum atomic E-state index is 11.8. The van der Waals surface area contributed by atoms with Gasteiger partial charge < -0.3 is 24.7 Å². The summed E-state index contributed by atoms with van der Waals surface area (Å²) in [6.45, 7) is 7.64. The van der Waals surface area contributed by atoms with Crippen molar-refractivity contribution in [2.24, 2.45) is 5.92 Å². The van der Waals surface area contributed by atoms with Crippen molar-refractivity contribution in [1.82, 2.24) is 14.7 Å². The number of hydrogen-bond acceptors (Lipinski definition) is 6. The first-order valence-corrected chi connectivity index (χ1v) is 9.09. The van der Waals surface area contributed by atoms with Gasteiger partial charge in [-0.2, -0.15) is 0 Å². The number of amides is 2. The van der Waals surface area contributed by atoms with Gasteiger partial charge in [0, 0.05) is 65.3 Å². The van der Waals surface area contributed by atoms with E-state index in [1.807, 2.05) is 0 Å². The first kappa shape index (κ1) is 19.9. The molecule has 2 aliphatic rings. The van der Waals surface area contributed by atoms with Gasteiger partial charge in [0.05, 0.1) is 12.2 Å². The van der Waals surface area contributed by atoms with Crippen molar-refractivity contribution in [2.45, 2.75) is 32.3 Å². The van der Waals surface area contributed by atoms with E-state index >= 15 is 0 Å². The number of aliphatic hydroxyl groups is 2. The number of hydrogen-bond donors (Lipinski definition) is 2. The molecule has 1 atom stereocenters. The molecular weight excluding hydrogens is 326 g/mol. The fraction of sp³-hybridized carbons (Fsp3) is 0.882. The third kappa shape index (κ3) is 5.55. The zero-order valence-electron chi connectivity index (χ0n) is 15.3. The number of rotatable bonds is 4. The lowest BCUT2D eigenvalue weighted by atomic mass is 9.90. The Kier molecular flexibility index (Phi) is 7.04. The molecule has 0 aliphatic carbocycles. The van der Waals surface area contributed by atoms with Crippen LogP contribution in [0.5, 0.6) is 0 Å². The van der Waals surface area contributed by atoms with Gasteiger partial charge in [-0.25, -0.2) is 4.79 Å². The Morgan fingerprint density at radius 2 is 1.80 bits per heavy atom. The summed E-state index contributed by atoms with van der Waals surface area (Å²) in [7, 11) is 0. The third-order valence-electron chi connectivity index (χ3n) is 5.12. The van der Waals surface area contributed by atoms with E-state index < -0.39 is 5.60 Å². The van der Waals surface area contributed by atoms with E-state index in [2.05, 4.69) is 4.90 Å². The second-order valence-electron chi connectivity index (χ2n) is 7.16. The minimum Gasteiger partial charge on any atom is -0.450 e. The highest BCUT2D eigenvalue weighted by Crippen LogP contribution is 2.25. The predicted octanol–water partition coefficient (Wildman–Crippen LogP) is -0.258. The minimum absolute atomic E-state index is 0.00498. The molecule has 8 nitrogen and oxygen atoms in total. The smallest absolute Gasteiger partial charge is 0.409 e. The number of nitrogens with zero attached hydrogens (tertiary/aromatic N) is 3. The molecule has 0 radical (unpaired) electrons. The summed E-state index contributed by atoms with van der Waals surface area (Å²) >= 11 is 0. The van der Waals surface area contributed by atoms with Crippen molar-refractivity contribution >= 4 is 12.0 Å². The molecule has 25 heavy (non-hydrogen) atoms. The summed E-state index contributed by atoms with van der Waals surface area (Å²) in [4.78, 5) is 28.9. The molecular formula is C17H31N3O5. The molecule has 0 bridgehead atoms. The number of aliphatic hydroxyl groups excluding tert-OH is 1. The van der Waals surface area contributed by atoms with Crippen LogP contribution in [0.15, 0.2) is 0 Å². The van der Waals surface area contributed by atoms with E-state index in [0.717, 1.165) is 0 Å². The van der Waals surface area contributed by atoms with E-state index in [0.29, 0.717) is 65.3 Å². The van der Waals surface area contributed by atoms with Crippen molar-refractivity contribution in [3.63, 3.8) is 0 Å². The van der Waals surface area contributed by atoms with Crippen molar-refractivity contribution < 1.29 is 24.5 Å². The standard InChI is InChI=1S/C17H31N3O5/c1-3-25-16(23)19-6-4-17(24,5-7-19)13-18-8-9-20(14(2)22)11-15(10-18)12-21/h15,21,24H,3-13H2,1-2H3/t15-/m1/s1. The average molecular weight is 357 g/mol. The first-order chi connectivity index (χ1) is 11.9. The highest BCUT2D eigenvalue weighted by atomic mass is 16.6. The Balaban J connectivity index is 1.90. The van der Waals surface area contributed by atoms with E-state index in [1.54, 1.807) is 23.6 Å². The SMILES string of the molecule is CCOC(=O)N1CCC(O)(CN2CCN(C(C)=O)C[C@H](CO)C2)CC1. The Hall–Kier alpha value is -1.38. The number of likely N-dealkylation sites (tertiary alicyclic amines) is 1. The Labute approximate surface area is 149 Å². The fourth-order valence-electron chi connectivity index (χ4n) is 3.62. The molecule has 0 aromatic rings. The molecule has 8 heteroatoms. The van der Waals surface area contributed by atoms with Crippen LogP contribution in [0.1, 0.15) is 26.7 Å². The lowest BCUT2D eigenvalue weighted by Crippen LogP contribution is -2.53. The van der Waals surface area contributed by atoms with E-state index in [9.17, 15) is 19.8 Å². The van der Waals surface area contributed by atoms with Crippen molar-refractivity contribution in [2.75, 3.05) is 59.0 Å². The zero-order valence-corrected chi connectivity index (χ0v) is 15.3. The van der Waals surface area contributed by atoms with Crippen LogP contribution in [0.25, 0.3) is 0 Å². The number of piperidine rings is 1. The molecule has 2 amide bonds. The van der Waals surface area contributed by atoms with Crippen LogP contribution in [0.3, 0.4) is 0 Å². The summed E-state index contributed by atoms with van der Waals surface area (Å²) in [6.07, 6.45) is 0.683. The van der Waals surface area contributed by atoms with Gasteiger partial charge in [-0.15, -0.1) is 0 Å². The van der Waals surface area contributed by atoms with Crippen molar-refractivity contribution in [1.29, 1.82) is 0 Å². The number of carbonyl (C=O) groups excluding carboxylic acids is 2. The van der Waals surface area contributed by atoms with Gasteiger partial charge in [-0.1, -0.05) is 0 Å². The second-order valence-corrected chi connectivity index (χ2v) is 7.16. The maximum absolute atomic E-state index is 11.8. The lowest BCUT2D eigenvalue weighted by molar-refractivity contribution is -0.129. The Morgan fingerprint density at radius 3 is 2.36 bits per heavy atom. The maximum Gasteiger partial charge on any atom is 0.409 e. The highest BCUT2D eigenvalue weighted by molar-refractivity contribution is 5.73.